The maximum absolute atomic E-state index is 5.77. The average molecular weight is 263 g/mol. The van der Waals surface area contributed by atoms with E-state index in [0.29, 0.717) is 18.1 Å². The van der Waals surface area contributed by atoms with Gasteiger partial charge in [0.2, 0.25) is 0 Å². The lowest BCUT2D eigenvalue weighted by molar-refractivity contribution is 0.294. The van der Waals surface area contributed by atoms with E-state index in [4.69, 9.17) is 4.74 Å². The van der Waals surface area contributed by atoms with Crippen molar-refractivity contribution >= 4 is 0 Å². The van der Waals surface area contributed by atoms with Gasteiger partial charge in [0.05, 0.1) is 6.61 Å². The van der Waals surface area contributed by atoms with E-state index in [9.17, 15) is 0 Å². The normalized spacial score (nSPS) is 13.3. The van der Waals surface area contributed by atoms with Gasteiger partial charge in [0.1, 0.15) is 5.75 Å². The highest BCUT2D eigenvalue weighted by atomic mass is 16.5. The summed E-state index contributed by atoms with van der Waals surface area (Å²) in [6.45, 7) is 12.9. The molecular weight excluding hydrogens is 234 g/mol. The predicted octanol–water partition coefficient (Wildman–Crippen LogP) is 4.56. The van der Waals surface area contributed by atoms with E-state index in [1.807, 2.05) is 13.0 Å². The topological polar surface area (TPSA) is 21.3 Å². The number of hydrogen-bond donors (Lipinski definition) is 1. The largest absolute Gasteiger partial charge is 0.494 e. The first kappa shape index (κ1) is 16.0. The van der Waals surface area contributed by atoms with Crippen molar-refractivity contribution in [2.45, 2.75) is 53.5 Å². The summed E-state index contributed by atoms with van der Waals surface area (Å²) in [5, 5.41) is 3.66. The van der Waals surface area contributed by atoms with Crippen molar-refractivity contribution in [3.05, 3.63) is 29.8 Å². The van der Waals surface area contributed by atoms with Crippen molar-refractivity contribution in [1.29, 1.82) is 0 Å². The van der Waals surface area contributed by atoms with Crippen LogP contribution in [0.4, 0.5) is 0 Å². The molecule has 0 heterocycles. The summed E-state index contributed by atoms with van der Waals surface area (Å²) in [5.74, 6) is 1.02. The number of para-hydroxylation sites is 1. The third kappa shape index (κ3) is 5.65. The highest BCUT2D eigenvalue weighted by Crippen LogP contribution is 2.34. The van der Waals surface area contributed by atoms with Crippen LogP contribution in [-0.2, 0) is 0 Å². The molecule has 0 spiro atoms. The molecule has 1 unspecified atom stereocenters. The minimum Gasteiger partial charge on any atom is -0.494 e. The van der Waals surface area contributed by atoms with Gasteiger partial charge in [-0.15, -0.1) is 0 Å². The van der Waals surface area contributed by atoms with Crippen LogP contribution in [0.1, 0.15) is 59.1 Å². The van der Waals surface area contributed by atoms with Gasteiger partial charge < -0.3 is 10.1 Å². The minimum atomic E-state index is 0.296. The van der Waals surface area contributed by atoms with Crippen LogP contribution in [0.15, 0.2) is 24.3 Å². The Morgan fingerprint density at radius 2 is 1.84 bits per heavy atom. The molecule has 1 atom stereocenters. The Kier molecular flexibility index (Phi) is 6.36. The van der Waals surface area contributed by atoms with Gasteiger partial charge in [0.15, 0.2) is 0 Å². The second-order valence-electron chi connectivity index (χ2n) is 6.24. The van der Waals surface area contributed by atoms with Crippen molar-refractivity contribution in [1.82, 2.24) is 5.32 Å². The molecular formula is C17H29NO. The van der Waals surface area contributed by atoms with Crippen LogP contribution in [0.5, 0.6) is 5.75 Å². The Labute approximate surface area is 118 Å². The summed E-state index contributed by atoms with van der Waals surface area (Å²) in [7, 11) is 0. The molecule has 0 aromatic heterocycles. The highest BCUT2D eigenvalue weighted by molar-refractivity contribution is 5.36. The fourth-order valence-electron chi connectivity index (χ4n) is 2.28. The predicted molar refractivity (Wildman–Crippen MR) is 82.7 cm³/mol. The standard InChI is InChI=1S/C17H29NO/c1-6-12-18-15(13-17(3,4)5)14-10-8-9-11-16(14)19-7-2/h8-11,15,18H,6-7,12-13H2,1-5H3. The lowest BCUT2D eigenvalue weighted by atomic mass is 9.85. The molecule has 2 nitrogen and oxygen atoms in total. The van der Waals surface area contributed by atoms with Gasteiger partial charge >= 0.3 is 0 Å². The maximum atomic E-state index is 5.77. The smallest absolute Gasteiger partial charge is 0.124 e. The van der Waals surface area contributed by atoms with E-state index in [-0.39, 0.29) is 0 Å². The second kappa shape index (κ2) is 7.54. The molecule has 1 aromatic rings. The summed E-state index contributed by atoms with van der Waals surface area (Å²) in [6, 6.07) is 8.76. The summed E-state index contributed by atoms with van der Waals surface area (Å²) in [4.78, 5) is 0. The van der Waals surface area contributed by atoms with Crippen LogP contribution in [0.25, 0.3) is 0 Å². The zero-order valence-electron chi connectivity index (χ0n) is 13.1. The van der Waals surface area contributed by atoms with E-state index in [2.05, 4.69) is 51.2 Å². The van der Waals surface area contributed by atoms with Gasteiger partial charge in [-0.1, -0.05) is 45.9 Å². The Bertz CT molecular complexity index is 368. The van der Waals surface area contributed by atoms with Crippen LogP contribution in [-0.4, -0.2) is 13.2 Å². The van der Waals surface area contributed by atoms with E-state index >= 15 is 0 Å². The molecule has 0 radical (unpaired) electrons. The summed E-state index contributed by atoms with van der Waals surface area (Å²) < 4.78 is 5.77. The highest BCUT2D eigenvalue weighted by Gasteiger charge is 2.22. The first-order chi connectivity index (χ1) is 8.98. The van der Waals surface area contributed by atoms with Crippen molar-refractivity contribution < 1.29 is 4.74 Å². The summed E-state index contributed by atoms with van der Waals surface area (Å²) in [6.07, 6.45) is 2.26. The fraction of sp³-hybridized carbons (Fsp3) is 0.647. The molecule has 19 heavy (non-hydrogen) atoms. The zero-order chi connectivity index (χ0) is 14.3. The number of nitrogens with one attached hydrogen (secondary N) is 1. The van der Waals surface area contributed by atoms with Crippen molar-refractivity contribution in [3.8, 4) is 5.75 Å². The maximum Gasteiger partial charge on any atom is 0.124 e. The van der Waals surface area contributed by atoms with Gasteiger partial charge in [-0.05, 0) is 37.8 Å². The van der Waals surface area contributed by atoms with Crippen LogP contribution >= 0.6 is 0 Å². The van der Waals surface area contributed by atoms with E-state index in [0.717, 1.165) is 25.1 Å². The zero-order valence-corrected chi connectivity index (χ0v) is 13.1. The molecule has 0 saturated carbocycles. The molecule has 0 aliphatic carbocycles. The third-order valence-electron chi connectivity index (χ3n) is 3.05. The van der Waals surface area contributed by atoms with Crippen LogP contribution < -0.4 is 10.1 Å². The van der Waals surface area contributed by atoms with Gasteiger partial charge in [-0.2, -0.15) is 0 Å². The molecule has 0 aliphatic heterocycles. The average Bonchev–Trinajstić information content (AvgIpc) is 2.34. The Morgan fingerprint density at radius 1 is 1.16 bits per heavy atom. The van der Waals surface area contributed by atoms with E-state index < -0.39 is 0 Å². The Balaban J connectivity index is 2.95. The van der Waals surface area contributed by atoms with Crippen molar-refractivity contribution in [2.75, 3.05) is 13.2 Å². The van der Waals surface area contributed by atoms with Gasteiger partial charge in [-0.3, -0.25) is 0 Å². The molecule has 108 valence electrons. The fourth-order valence-corrected chi connectivity index (χ4v) is 2.28. The third-order valence-corrected chi connectivity index (χ3v) is 3.05. The Hall–Kier alpha value is -1.02. The summed E-state index contributed by atoms with van der Waals surface area (Å²) in [5.41, 5.74) is 1.58. The van der Waals surface area contributed by atoms with Crippen LogP contribution in [0.2, 0.25) is 0 Å². The molecule has 0 saturated heterocycles. The van der Waals surface area contributed by atoms with Gasteiger partial charge in [0.25, 0.3) is 0 Å². The number of rotatable bonds is 7. The molecule has 0 amide bonds. The van der Waals surface area contributed by atoms with Gasteiger partial charge in [0, 0.05) is 11.6 Å². The first-order valence-corrected chi connectivity index (χ1v) is 7.43. The second-order valence-corrected chi connectivity index (χ2v) is 6.24. The van der Waals surface area contributed by atoms with Gasteiger partial charge in [-0.25, -0.2) is 0 Å². The Morgan fingerprint density at radius 3 is 2.42 bits per heavy atom. The quantitative estimate of drug-likeness (QED) is 0.778. The molecule has 0 aliphatic rings. The molecule has 1 rings (SSSR count). The van der Waals surface area contributed by atoms with E-state index in [1.54, 1.807) is 0 Å². The SMILES string of the molecule is CCCNC(CC(C)(C)C)c1ccccc1OCC. The van der Waals surface area contributed by atoms with Crippen LogP contribution in [0.3, 0.4) is 0 Å². The molecule has 0 bridgehead atoms. The minimum absolute atomic E-state index is 0.296. The lowest BCUT2D eigenvalue weighted by Gasteiger charge is -2.28. The van der Waals surface area contributed by atoms with E-state index in [1.165, 1.54) is 5.56 Å². The molecule has 0 fully saturated rings. The molecule has 2 heteroatoms. The first-order valence-electron chi connectivity index (χ1n) is 7.43. The molecule has 1 aromatic carbocycles. The lowest BCUT2D eigenvalue weighted by Crippen LogP contribution is -2.27. The van der Waals surface area contributed by atoms with Crippen molar-refractivity contribution in [3.63, 3.8) is 0 Å². The summed E-state index contributed by atoms with van der Waals surface area (Å²) >= 11 is 0. The monoisotopic (exact) mass is 263 g/mol. The van der Waals surface area contributed by atoms with Crippen LogP contribution in [0, 0.1) is 5.41 Å². The number of hydrogen-bond acceptors (Lipinski definition) is 2. The molecule has 1 N–H and O–H groups in total. The number of ether oxygens (including phenoxy) is 1. The number of benzene rings is 1. The van der Waals surface area contributed by atoms with Crippen molar-refractivity contribution in [2.24, 2.45) is 5.41 Å².